The van der Waals surface area contributed by atoms with Crippen molar-refractivity contribution >= 4 is 42.3 Å². The lowest BCUT2D eigenvalue weighted by atomic mass is 9.81. The van der Waals surface area contributed by atoms with Crippen molar-refractivity contribution in [1.82, 2.24) is 10.3 Å². The molecule has 1 aromatic carbocycles. The summed E-state index contributed by atoms with van der Waals surface area (Å²) in [4.78, 5) is 28.5. The summed E-state index contributed by atoms with van der Waals surface area (Å²) in [6.45, 7) is 4.73. The fourth-order valence-corrected chi connectivity index (χ4v) is 2.73. The molecule has 0 atom stereocenters. The maximum absolute atomic E-state index is 12.4. The number of nitrogens with two attached hydrogens (primary N) is 1. The first kappa shape index (κ1) is 25.9. The predicted octanol–water partition coefficient (Wildman–Crippen LogP) is 3.56. The number of nitrogens with one attached hydrogen (secondary N) is 2. The molecule has 0 saturated heterocycles. The second kappa shape index (κ2) is 12.3. The van der Waals surface area contributed by atoms with Crippen molar-refractivity contribution in [3.8, 4) is 0 Å². The Bertz CT molecular complexity index is 727. The van der Waals surface area contributed by atoms with Gasteiger partial charge in [0.15, 0.2) is 0 Å². The molecule has 0 aliphatic heterocycles. The van der Waals surface area contributed by atoms with Crippen molar-refractivity contribution in [1.29, 1.82) is 0 Å². The van der Waals surface area contributed by atoms with E-state index in [2.05, 4.69) is 15.6 Å². The van der Waals surface area contributed by atoms with Crippen molar-refractivity contribution in [2.45, 2.75) is 33.2 Å². The molecule has 0 fully saturated rings. The van der Waals surface area contributed by atoms with Gasteiger partial charge in [0.25, 0.3) is 5.91 Å². The molecular formula is C20H28Cl2N4O2. The molecule has 0 radical (unpaired) electrons. The molecule has 1 aromatic heterocycles. The zero-order chi connectivity index (χ0) is 19.0. The molecule has 0 aliphatic rings. The van der Waals surface area contributed by atoms with Crippen LogP contribution >= 0.6 is 24.8 Å². The largest absolute Gasteiger partial charge is 0.352 e. The van der Waals surface area contributed by atoms with E-state index in [0.29, 0.717) is 37.2 Å². The first-order valence-electron chi connectivity index (χ1n) is 8.83. The van der Waals surface area contributed by atoms with Crippen LogP contribution in [-0.2, 0) is 11.3 Å². The molecule has 0 unspecified atom stereocenters. The molecule has 8 heteroatoms. The number of hydrogen-bond acceptors (Lipinski definition) is 4. The summed E-state index contributed by atoms with van der Waals surface area (Å²) in [5, 5.41) is 5.80. The fraction of sp³-hybridized carbons (Fsp3) is 0.350. The van der Waals surface area contributed by atoms with Crippen LogP contribution in [-0.4, -0.2) is 23.3 Å². The molecule has 6 nitrogen and oxygen atoms in total. The number of amides is 2. The number of anilines is 1. The maximum Gasteiger partial charge on any atom is 0.255 e. The Morgan fingerprint density at radius 3 is 2.07 bits per heavy atom. The van der Waals surface area contributed by atoms with Crippen LogP contribution in [0.25, 0.3) is 0 Å². The van der Waals surface area contributed by atoms with E-state index in [-0.39, 0.29) is 36.6 Å². The van der Waals surface area contributed by atoms with Gasteiger partial charge in [-0.3, -0.25) is 14.6 Å². The van der Waals surface area contributed by atoms with E-state index in [0.717, 1.165) is 5.56 Å². The predicted molar refractivity (Wildman–Crippen MR) is 117 cm³/mol. The first-order chi connectivity index (χ1) is 12.5. The van der Waals surface area contributed by atoms with Gasteiger partial charge in [0, 0.05) is 36.7 Å². The van der Waals surface area contributed by atoms with Crippen LogP contribution in [0.2, 0.25) is 0 Å². The van der Waals surface area contributed by atoms with Gasteiger partial charge < -0.3 is 16.4 Å². The van der Waals surface area contributed by atoms with Crippen LogP contribution < -0.4 is 16.4 Å². The van der Waals surface area contributed by atoms with Gasteiger partial charge in [0.2, 0.25) is 5.91 Å². The topological polar surface area (TPSA) is 97.1 Å². The molecule has 0 spiro atoms. The lowest BCUT2D eigenvalue weighted by Gasteiger charge is -2.28. The van der Waals surface area contributed by atoms with Gasteiger partial charge in [-0.1, -0.05) is 26.0 Å². The molecule has 0 aliphatic carbocycles. The van der Waals surface area contributed by atoms with Crippen LogP contribution in [0.5, 0.6) is 0 Å². The molecule has 4 N–H and O–H groups in total. The van der Waals surface area contributed by atoms with Gasteiger partial charge in [-0.25, -0.2) is 0 Å². The summed E-state index contributed by atoms with van der Waals surface area (Å²) in [5.41, 5.74) is 7.51. The van der Waals surface area contributed by atoms with Gasteiger partial charge in [0.05, 0.1) is 5.41 Å². The van der Waals surface area contributed by atoms with Crippen LogP contribution in [0.3, 0.4) is 0 Å². The van der Waals surface area contributed by atoms with Crippen molar-refractivity contribution in [3.05, 3.63) is 59.9 Å². The monoisotopic (exact) mass is 426 g/mol. The van der Waals surface area contributed by atoms with E-state index < -0.39 is 5.41 Å². The summed E-state index contributed by atoms with van der Waals surface area (Å²) in [6.07, 6.45) is 4.58. The number of rotatable bonds is 8. The third kappa shape index (κ3) is 6.48. The quantitative estimate of drug-likeness (QED) is 0.600. The lowest BCUT2D eigenvalue weighted by Crippen LogP contribution is -2.45. The first-order valence-corrected chi connectivity index (χ1v) is 8.83. The SMILES string of the molecule is CCC(CC)(CN)C(=O)NCc1ccc(NC(=O)c2ccncc2)cc1.Cl.Cl. The zero-order valence-corrected chi connectivity index (χ0v) is 17.7. The molecule has 0 bridgehead atoms. The Morgan fingerprint density at radius 2 is 1.57 bits per heavy atom. The van der Waals surface area contributed by atoms with E-state index in [9.17, 15) is 9.59 Å². The Kier molecular flexibility index (Phi) is 11.4. The maximum atomic E-state index is 12.4. The number of hydrogen-bond donors (Lipinski definition) is 3. The van der Waals surface area contributed by atoms with Gasteiger partial charge in [-0.05, 0) is 42.7 Å². The number of nitrogens with zero attached hydrogens (tertiary/aromatic N) is 1. The highest BCUT2D eigenvalue weighted by Gasteiger charge is 2.32. The van der Waals surface area contributed by atoms with E-state index >= 15 is 0 Å². The number of carbonyl (C=O) groups is 2. The summed E-state index contributed by atoms with van der Waals surface area (Å²) in [7, 11) is 0. The molecule has 2 aromatic rings. The number of aromatic nitrogens is 1. The van der Waals surface area contributed by atoms with E-state index in [4.69, 9.17) is 5.73 Å². The third-order valence-electron chi connectivity index (χ3n) is 4.83. The number of benzene rings is 1. The fourth-order valence-electron chi connectivity index (χ4n) is 2.73. The highest BCUT2D eigenvalue weighted by atomic mass is 35.5. The van der Waals surface area contributed by atoms with Gasteiger partial charge in [-0.15, -0.1) is 24.8 Å². The molecule has 1 heterocycles. The zero-order valence-electron chi connectivity index (χ0n) is 16.1. The molecular weight excluding hydrogens is 399 g/mol. The lowest BCUT2D eigenvalue weighted by molar-refractivity contribution is -0.131. The molecule has 2 rings (SSSR count). The van der Waals surface area contributed by atoms with Crippen LogP contribution in [0.4, 0.5) is 5.69 Å². The van der Waals surface area contributed by atoms with Gasteiger partial charge >= 0.3 is 0 Å². The van der Waals surface area contributed by atoms with Crippen molar-refractivity contribution in [2.24, 2.45) is 11.1 Å². The smallest absolute Gasteiger partial charge is 0.255 e. The Hall–Kier alpha value is -2.15. The van der Waals surface area contributed by atoms with Crippen LogP contribution in [0.15, 0.2) is 48.8 Å². The second-order valence-electron chi connectivity index (χ2n) is 6.26. The van der Waals surface area contributed by atoms with Crippen molar-refractivity contribution in [2.75, 3.05) is 11.9 Å². The second-order valence-corrected chi connectivity index (χ2v) is 6.26. The molecule has 0 saturated carbocycles. The summed E-state index contributed by atoms with van der Waals surface area (Å²) < 4.78 is 0. The third-order valence-corrected chi connectivity index (χ3v) is 4.83. The number of carbonyl (C=O) groups excluding carboxylic acids is 2. The Labute approximate surface area is 178 Å². The van der Waals surface area contributed by atoms with Gasteiger partial charge in [-0.2, -0.15) is 0 Å². The molecule has 28 heavy (non-hydrogen) atoms. The van der Waals surface area contributed by atoms with Crippen molar-refractivity contribution in [3.63, 3.8) is 0 Å². The normalized spacial score (nSPS) is 10.2. The van der Waals surface area contributed by atoms with Crippen LogP contribution in [0, 0.1) is 5.41 Å². The van der Waals surface area contributed by atoms with Crippen LogP contribution in [0.1, 0.15) is 42.6 Å². The van der Waals surface area contributed by atoms with E-state index in [1.165, 1.54) is 0 Å². The summed E-state index contributed by atoms with van der Waals surface area (Å²) >= 11 is 0. The molecule has 2 amide bonds. The number of pyridine rings is 1. The standard InChI is InChI=1S/C20H26N4O2.2ClH/c1-3-20(4-2,14-21)19(26)23-13-15-5-7-17(8-6-15)24-18(25)16-9-11-22-12-10-16;;/h5-12H,3-4,13-14,21H2,1-2H3,(H,23,26)(H,24,25);2*1H. The minimum atomic E-state index is -0.502. The summed E-state index contributed by atoms with van der Waals surface area (Å²) in [6, 6.07) is 10.7. The Balaban J connectivity index is 0.00000364. The highest BCUT2D eigenvalue weighted by molar-refractivity contribution is 6.04. The summed E-state index contributed by atoms with van der Waals surface area (Å²) in [5.74, 6) is -0.202. The average molecular weight is 427 g/mol. The number of halogens is 2. The minimum absolute atomic E-state index is 0. The Morgan fingerprint density at radius 1 is 1.00 bits per heavy atom. The van der Waals surface area contributed by atoms with E-state index in [1.54, 1.807) is 24.5 Å². The highest BCUT2D eigenvalue weighted by Crippen LogP contribution is 2.25. The molecule has 154 valence electrons. The average Bonchev–Trinajstić information content (AvgIpc) is 2.70. The minimum Gasteiger partial charge on any atom is -0.352 e. The van der Waals surface area contributed by atoms with Crippen molar-refractivity contribution < 1.29 is 9.59 Å². The van der Waals surface area contributed by atoms with E-state index in [1.807, 2.05) is 38.1 Å². The van der Waals surface area contributed by atoms with Gasteiger partial charge in [0.1, 0.15) is 0 Å².